The van der Waals surface area contributed by atoms with Crippen molar-refractivity contribution in [3.63, 3.8) is 0 Å². The van der Waals surface area contributed by atoms with E-state index in [1.165, 1.54) is 5.56 Å². The van der Waals surface area contributed by atoms with Gasteiger partial charge in [-0.05, 0) is 17.7 Å². The minimum atomic E-state index is -0.190. The van der Waals surface area contributed by atoms with Crippen LogP contribution in [0.4, 0.5) is 0 Å². The van der Waals surface area contributed by atoms with Crippen molar-refractivity contribution in [3.8, 4) is 6.07 Å². The molecule has 1 aromatic carbocycles. The Balaban J connectivity index is 1.82. The van der Waals surface area contributed by atoms with Crippen molar-refractivity contribution in [1.29, 1.82) is 5.26 Å². The van der Waals surface area contributed by atoms with Crippen LogP contribution in [0.3, 0.4) is 0 Å². The van der Waals surface area contributed by atoms with Crippen molar-refractivity contribution in [1.82, 2.24) is 9.88 Å². The molecular formula is C18H19N3. The molecule has 21 heavy (non-hydrogen) atoms. The van der Waals surface area contributed by atoms with E-state index < -0.39 is 0 Å². The van der Waals surface area contributed by atoms with Crippen LogP contribution in [0.5, 0.6) is 0 Å². The monoisotopic (exact) mass is 277 g/mol. The number of aromatic nitrogens is 1. The zero-order chi connectivity index (χ0) is 14.7. The quantitative estimate of drug-likeness (QED) is 0.866. The van der Waals surface area contributed by atoms with Crippen LogP contribution in [0.2, 0.25) is 0 Å². The second-order valence-electron chi connectivity index (χ2n) is 5.97. The summed E-state index contributed by atoms with van der Waals surface area (Å²) in [6.45, 7) is 4.73. The summed E-state index contributed by atoms with van der Waals surface area (Å²) in [6.07, 6.45) is 1.81. The Morgan fingerprint density at radius 2 is 2.00 bits per heavy atom. The number of rotatable bonds is 3. The standard InChI is InChI=1S/C18H19N3/c1-18(17-9-5-6-10-20-17)14-21(13-16(18)11-19)12-15-7-3-2-4-8-15/h2-10,16H,12-14H2,1H3. The van der Waals surface area contributed by atoms with Crippen molar-refractivity contribution < 1.29 is 0 Å². The third-order valence-electron chi connectivity index (χ3n) is 4.42. The van der Waals surface area contributed by atoms with Gasteiger partial charge in [0.1, 0.15) is 0 Å². The number of nitriles is 1. The molecule has 0 amide bonds. The predicted octanol–water partition coefficient (Wildman–Crippen LogP) is 2.99. The van der Waals surface area contributed by atoms with Gasteiger partial charge < -0.3 is 0 Å². The third kappa shape index (κ3) is 2.68. The summed E-state index contributed by atoms with van der Waals surface area (Å²) in [5.74, 6) is -0.0175. The Morgan fingerprint density at radius 3 is 2.67 bits per heavy atom. The average Bonchev–Trinajstić information content (AvgIpc) is 2.86. The normalized spacial score (nSPS) is 25.6. The van der Waals surface area contributed by atoms with E-state index in [0.29, 0.717) is 0 Å². The number of pyridine rings is 1. The van der Waals surface area contributed by atoms with E-state index in [9.17, 15) is 5.26 Å². The van der Waals surface area contributed by atoms with Gasteiger partial charge in [-0.1, -0.05) is 43.3 Å². The Bertz CT molecular complexity index is 633. The van der Waals surface area contributed by atoms with Gasteiger partial charge in [-0.2, -0.15) is 5.26 Å². The topological polar surface area (TPSA) is 39.9 Å². The SMILES string of the molecule is CC1(c2ccccn2)CN(Cc2ccccc2)CC1C#N. The molecule has 1 saturated heterocycles. The maximum absolute atomic E-state index is 9.54. The van der Waals surface area contributed by atoms with Crippen LogP contribution in [0.25, 0.3) is 0 Å². The maximum Gasteiger partial charge on any atom is 0.0712 e. The van der Waals surface area contributed by atoms with Gasteiger partial charge in [0.2, 0.25) is 0 Å². The molecule has 2 atom stereocenters. The van der Waals surface area contributed by atoms with Gasteiger partial charge >= 0.3 is 0 Å². The molecule has 0 aliphatic carbocycles. The summed E-state index contributed by atoms with van der Waals surface area (Å²) in [7, 11) is 0. The van der Waals surface area contributed by atoms with Crippen LogP contribution in [0, 0.1) is 17.2 Å². The van der Waals surface area contributed by atoms with E-state index in [0.717, 1.165) is 25.3 Å². The van der Waals surface area contributed by atoms with Crippen LogP contribution < -0.4 is 0 Å². The number of likely N-dealkylation sites (tertiary alicyclic amines) is 1. The van der Waals surface area contributed by atoms with E-state index in [2.05, 4.69) is 47.1 Å². The van der Waals surface area contributed by atoms with Gasteiger partial charge in [-0.3, -0.25) is 9.88 Å². The van der Waals surface area contributed by atoms with Crippen LogP contribution in [-0.4, -0.2) is 23.0 Å². The molecule has 0 saturated carbocycles. The van der Waals surface area contributed by atoms with E-state index in [4.69, 9.17) is 0 Å². The Kier molecular flexibility index (Phi) is 3.72. The molecule has 3 nitrogen and oxygen atoms in total. The molecule has 3 heteroatoms. The van der Waals surface area contributed by atoms with Gasteiger partial charge in [0, 0.05) is 36.9 Å². The molecule has 0 radical (unpaired) electrons. The zero-order valence-corrected chi connectivity index (χ0v) is 12.2. The lowest BCUT2D eigenvalue weighted by molar-refractivity contribution is 0.307. The zero-order valence-electron chi connectivity index (χ0n) is 12.2. The highest BCUT2D eigenvalue weighted by Gasteiger charge is 2.45. The van der Waals surface area contributed by atoms with E-state index in [1.54, 1.807) is 0 Å². The number of nitrogens with zero attached hydrogens (tertiary/aromatic N) is 3. The lowest BCUT2D eigenvalue weighted by atomic mass is 9.77. The van der Waals surface area contributed by atoms with Gasteiger partial charge in [-0.15, -0.1) is 0 Å². The second kappa shape index (κ2) is 5.67. The van der Waals surface area contributed by atoms with Gasteiger partial charge in [0.25, 0.3) is 0 Å². The highest BCUT2D eigenvalue weighted by Crippen LogP contribution is 2.38. The first kappa shape index (κ1) is 13.8. The minimum Gasteiger partial charge on any atom is -0.297 e. The predicted molar refractivity (Wildman–Crippen MR) is 82.4 cm³/mol. The molecule has 0 bridgehead atoms. The largest absolute Gasteiger partial charge is 0.297 e. The first-order valence-corrected chi connectivity index (χ1v) is 7.30. The molecule has 106 valence electrons. The lowest BCUT2D eigenvalue weighted by Crippen LogP contribution is -2.32. The molecule has 1 fully saturated rings. The molecule has 2 aromatic rings. The Morgan fingerprint density at radius 1 is 1.24 bits per heavy atom. The van der Waals surface area contributed by atoms with Crippen LogP contribution in [-0.2, 0) is 12.0 Å². The van der Waals surface area contributed by atoms with E-state index in [-0.39, 0.29) is 11.3 Å². The lowest BCUT2D eigenvalue weighted by Gasteiger charge is -2.26. The number of hydrogen-bond donors (Lipinski definition) is 0. The summed E-state index contributed by atoms with van der Waals surface area (Å²) in [5, 5.41) is 9.54. The molecular weight excluding hydrogens is 258 g/mol. The molecule has 2 unspecified atom stereocenters. The van der Waals surface area contributed by atoms with Crippen molar-refractivity contribution in [3.05, 3.63) is 66.0 Å². The summed E-state index contributed by atoms with van der Waals surface area (Å²) >= 11 is 0. The first-order chi connectivity index (χ1) is 10.2. The first-order valence-electron chi connectivity index (χ1n) is 7.30. The molecule has 1 aromatic heterocycles. The maximum atomic E-state index is 9.54. The molecule has 1 aliphatic rings. The Labute approximate surface area is 125 Å². The van der Waals surface area contributed by atoms with E-state index in [1.807, 2.05) is 30.5 Å². The minimum absolute atomic E-state index is 0.0175. The molecule has 0 spiro atoms. The summed E-state index contributed by atoms with van der Waals surface area (Å²) in [5.41, 5.74) is 2.12. The molecule has 1 aliphatic heterocycles. The molecule has 0 N–H and O–H groups in total. The average molecular weight is 277 g/mol. The smallest absolute Gasteiger partial charge is 0.0712 e. The van der Waals surface area contributed by atoms with Crippen molar-refractivity contribution in [2.75, 3.05) is 13.1 Å². The van der Waals surface area contributed by atoms with Gasteiger partial charge in [0.15, 0.2) is 0 Å². The molecule has 2 heterocycles. The van der Waals surface area contributed by atoms with Crippen molar-refractivity contribution >= 4 is 0 Å². The highest BCUT2D eigenvalue weighted by atomic mass is 15.2. The van der Waals surface area contributed by atoms with E-state index >= 15 is 0 Å². The van der Waals surface area contributed by atoms with Gasteiger partial charge in [0.05, 0.1) is 12.0 Å². The summed E-state index contributed by atoms with van der Waals surface area (Å²) in [4.78, 5) is 6.85. The van der Waals surface area contributed by atoms with Crippen LogP contribution >= 0.6 is 0 Å². The highest BCUT2D eigenvalue weighted by molar-refractivity contribution is 5.25. The van der Waals surface area contributed by atoms with Crippen LogP contribution in [0.1, 0.15) is 18.2 Å². The second-order valence-corrected chi connectivity index (χ2v) is 5.97. The summed E-state index contributed by atoms with van der Waals surface area (Å²) in [6, 6.07) is 18.9. The third-order valence-corrected chi connectivity index (χ3v) is 4.42. The summed E-state index contributed by atoms with van der Waals surface area (Å²) < 4.78 is 0. The fourth-order valence-corrected chi connectivity index (χ4v) is 3.20. The number of hydrogen-bond acceptors (Lipinski definition) is 3. The van der Waals surface area contributed by atoms with Crippen molar-refractivity contribution in [2.45, 2.75) is 18.9 Å². The fraction of sp³-hybridized carbons (Fsp3) is 0.333. The van der Waals surface area contributed by atoms with Crippen LogP contribution in [0.15, 0.2) is 54.7 Å². The van der Waals surface area contributed by atoms with Gasteiger partial charge in [-0.25, -0.2) is 0 Å². The molecule has 3 rings (SSSR count). The fourth-order valence-electron chi connectivity index (χ4n) is 3.20. The number of benzene rings is 1. The van der Waals surface area contributed by atoms with Crippen molar-refractivity contribution in [2.24, 2.45) is 5.92 Å². The Hall–Kier alpha value is -2.18.